The molecule has 3 nitrogen and oxygen atoms in total. The standard InChI is InChI=1S/C7H15F3O3SSi/c1-6(2,3)15(4,5)13-14(11,12)7(8,9)10/h1-5H3/i1D3,2D3,3D3,4D3,5D3. The molecule has 0 aromatic rings. The number of hydrogen-bond acceptors (Lipinski definition) is 3. The summed E-state index contributed by atoms with van der Waals surface area (Å²) in [5.41, 5.74) is -6.54. The van der Waals surface area contributed by atoms with Crippen molar-refractivity contribution in [2.75, 3.05) is 0 Å². The maximum atomic E-state index is 12.9. The molecule has 0 bridgehead atoms. The van der Waals surface area contributed by atoms with E-state index in [1.165, 1.54) is 0 Å². The van der Waals surface area contributed by atoms with Gasteiger partial charge in [0.1, 0.15) is 0 Å². The quantitative estimate of drug-likeness (QED) is 0.576. The van der Waals surface area contributed by atoms with Crippen molar-refractivity contribution in [2.24, 2.45) is 0 Å². The zero-order valence-electron chi connectivity index (χ0n) is 21.8. The Labute approximate surface area is 110 Å². The third-order valence-electron chi connectivity index (χ3n) is 1.05. The molecule has 8 heteroatoms. The zero-order valence-corrected chi connectivity index (χ0v) is 8.58. The van der Waals surface area contributed by atoms with E-state index in [0.29, 0.717) is 0 Å². The summed E-state index contributed by atoms with van der Waals surface area (Å²) in [7, 11) is -14.9. The molecule has 0 radical (unpaired) electrons. The largest absolute Gasteiger partial charge is 0.522 e. The second-order valence-electron chi connectivity index (χ2n) is 2.41. The van der Waals surface area contributed by atoms with Gasteiger partial charge in [-0.2, -0.15) is 21.6 Å². The highest BCUT2D eigenvalue weighted by molar-refractivity contribution is 7.88. The van der Waals surface area contributed by atoms with Gasteiger partial charge in [0.15, 0.2) is 0 Å². The topological polar surface area (TPSA) is 43.4 Å². The van der Waals surface area contributed by atoms with E-state index < -0.39 is 62.5 Å². The first-order valence-corrected chi connectivity index (χ1v) is 6.29. The first-order valence-electron chi connectivity index (χ1n) is 10.5. The molecule has 0 fully saturated rings. The van der Waals surface area contributed by atoms with Gasteiger partial charge >= 0.3 is 15.6 Å². The lowest BCUT2D eigenvalue weighted by Gasteiger charge is -2.35. The highest BCUT2D eigenvalue weighted by atomic mass is 32.2. The van der Waals surface area contributed by atoms with Crippen molar-refractivity contribution in [3.05, 3.63) is 0 Å². The Kier molecular flexibility index (Phi) is 0.861. The highest BCUT2D eigenvalue weighted by Gasteiger charge is 2.52. The molecule has 0 aromatic heterocycles. The van der Waals surface area contributed by atoms with Crippen LogP contribution in [0.3, 0.4) is 0 Å². The predicted octanol–water partition coefficient (Wildman–Crippen LogP) is 2.86. The van der Waals surface area contributed by atoms with Crippen LogP contribution in [0.1, 0.15) is 41.1 Å². The fraction of sp³-hybridized carbons (Fsp3) is 1.00. The number of halogens is 3. The zero-order chi connectivity index (χ0) is 25.2. The molecule has 0 aliphatic heterocycles. The minimum atomic E-state index is -7.63. The van der Waals surface area contributed by atoms with Crippen LogP contribution in [0.4, 0.5) is 13.2 Å². The van der Waals surface area contributed by atoms with E-state index >= 15 is 0 Å². The average Bonchev–Trinajstić information content (AvgIpc) is 2.27. The number of hydrogen-bond donors (Lipinski definition) is 0. The first-order chi connectivity index (χ1) is 12.5. The summed E-state index contributed by atoms with van der Waals surface area (Å²) in [6.07, 6.45) is 0. The fourth-order valence-electron chi connectivity index (χ4n) is 0.274. The summed E-state index contributed by atoms with van der Waals surface area (Å²) in [4.78, 5) is 0. The average molecular weight is 279 g/mol. The number of alkyl halides is 3. The minimum Gasteiger partial charge on any atom is -0.308 e. The smallest absolute Gasteiger partial charge is 0.308 e. The molecule has 0 atom stereocenters. The normalized spacial score (nSPS) is 34.5. The monoisotopic (exact) mass is 279 g/mol. The van der Waals surface area contributed by atoms with E-state index in [-0.39, 0.29) is 0 Å². The van der Waals surface area contributed by atoms with Gasteiger partial charge in [0.25, 0.3) is 0 Å². The minimum absolute atomic E-state index is 3.55. The van der Waals surface area contributed by atoms with Crippen LogP contribution in [-0.2, 0) is 14.0 Å². The Bertz CT molecular complexity index is 690. The van der Waals surface area contributed by atoms with Gasteiger partial charge in [-0.05, 0) is 18.0 Å². The third-order valence-corrected chi connectivity index (χ3v) is 4.55. The van der Waals surface area contributed by atoms with Crippen LogP contribution >= 0.6 is 0 Å². The lowest BCUT2D eigenvalue weighted by Crippen LogP contribution is -2.45. The van der Waals surface area contributed by atoms with E-state index in [9.17, 15) is 21.6 Å². The molecule has 0 saturated heterocycles. The van der Waals surface area contributed by atoms with Crippen molar-refractivity contribution in [3.63, 3.8) is 0 Å². The van der Waals surface area contributed by atoms with Crippen LogP contribution in [0.5, 0.6) is 0 Å². The van der Waals surface area contributed by atoms with Crippen molar-refractivity contribution >= 4 is 18.4 Å². The van der Waals surface area contributed by atoms with Gasteiger partial charge in [-0.25, -0.2) is 0 Å². The molecule has 0 aromatic carbocycles. The van der Waals surface area contributed by atoms with E-state index in [1.807, 2.05) is 0 Å². The van der Waals surface area contributed by atoms with Crippen LogP contribution in [0, 0.1) is 0 Å². The molecule has 15 heavy (non-hydrogen) atoms. The lowest BCUT2D eigenvalue weighted by molar-refractivity contribution is -0.0504. The summed E-state index contributed by atoms with van der Waals surface area (Å²) in [5, 5.41) is -5.02. The van der Waals surface area contributed by atoms with E-state index in [2.05, 4.69) is 3.87 Å². The molecular formula is C7H15F3O3SSi. The van der Waals surface area contributed by atoms with Crippen molar-refractivity contribution in [2.45, 2.75) is 44.1 Å². The second kappa shape index (κ2) is 3.74. The molecule has 0 unspecified atom stereocenters. The van der Waals surface area contributed by atoms with Gasteiger partial charge in [0, 0.05) is 20.6 Å². The summed E-state index contributed by atoms with van der Waals surface area (Å²) < 4.78 is 177. The van der Waals surface area contributed by atoms with Gasteiger partial charge in [-0.15, -0.1) is 0 Å². The first kappa shape index (κ1) is 3.46. The Morgan fingerprint density at radius 3 is 1.93 bits per heavy atom. The summed E-state index contributed by atoms with van der Waals surface area (Å²) >= 11 is 0. The van der Waals surface area contributed by atoms with E-state index in [0.717, 1.165) is 0 Å². The Balaban J connectivity index is 8.26. The van der Waals surface area contributed by atoms with Crippen molar-refractivity contribution in [1.82, 2.24) is 0 Å². The summed E-state index contributed by atoms with van der Waals surface area (Å²) in [6, 6.07) is 0. The van der Waals surface area contributed by atoms with Crippen LogP contribution < -0.4 is 0 Å². The van der Waals surface area contributed by atoms with Crippen LogP contribution in [0.2, 0.25) is 18.0 Å². The molecule has 0 saturated carbocycles. The van der Waals surface area contributed by atoms with Gasteiger partial charge < -0.3 is 3.87 Å². The van der Waals surface area contributed by atoms with E-state index in [1.54, 1.807) is 0 Å². The molecule has 0 spiro atoms. The van der Waals surface area contributed by atoms with Gasteiger partial charge in [-0.3, -0.25) is 0 Å². The molecule has 0 amide bonds. The molecule has 92 valence electrons. The summed E-state index contributed by atoms with van der Waals surface area (Å²) in [6.45, 7) is -23.5. The highest BCUT2D eigenvalue weighted by Crippen LogP contribution is 2.40. The van der Waals surface area contributed by atoms with Crippen LogP contribution in [-0.4, -0.2) is 22.2 Å². The molecule has 0 rings (SSSR count). The van der Waals surface area contributed by atoms with E-state index in [4.69, 9.17) is 20.6 Å². The molecular weight excluding hydrogens is 249 g/mol. The maximum absolute atomic E-state index is 12.9. The van der Waals surface area contributed by atoms with Crippen molar-refractivity contribution < 1.29 is 46.0 Å². The van der Waals surface area contributed by atoms with Crippen molar-refractivity contribution in [1.29, 1.82) is 0 Å². The molecule has 0 aliphatic rings. The Morgan fingerprint density at radius 2 is 1.67 bits per heavy atom. The maximum Gasteiger partial charge on any atom is 0.522 e. The molecule has 0 N–H and O–H groups in total. The number of rotatable bonds is 2. The second-order valence-corrected chi connectivity index (χ2v) is 6.56. The van der Waals surface area contributed by atoms with Gasteiger partial charge in [0.2, 0.25) is 8.32 Å². The molecule has 0 heterocycles. The van der Waals surface area contributed by atoms with Crippen molar-refractivity contribution in [3.8, 4) is 0 Å². The predicted molar refractivity (Wildman–Crippen MR) is 53.3 cm³/mol. The summed E-state index contributed by atoms with van der Waals surface area (Å²) in [5.74, 6) is 0. The van der Waals surface area contributed by atoms with Gasteiger partial charge in [-0.1, -0.05) is 20.6 Å². The van der Waals surface area contributed by atoms with Crippen LogP contribution in [0.25, 0.3) is 0 Å². The third kappa shape index (κ3) is 3.46. The SMILES string of the molecule is [2H]C([2H])([2H])C(C([2H])([2H])[2H])(C([2H])([2H])[2H])[Si](OS(=O)(=O)C(F)(F)F)(C([2H])([2H])[2H])C([2H])([2H])[2H]. The molecule has 0 aliphatic carbocycles. The Morgan fingerprint density at radius 1 is 1.20 bits per heavy atom. The lowest BCUT2D eigenvalue weighted by atomic mass is 10.2. The Hall–Kier alpha value is -0.0831. The fourth-order valence-corrected chi connectivity index (χ4v) is 2.47. The van der Waals surface area contributed by atoms with Gasteiger partial charge in [0.05, 0.1) is 0 Å². The van der Waals surface area contributed by atoms with Crippen LogP contribution in [0.15, 0.2) is 0 Å².